The van der Waals surface area contributed by atoms with Gasteiger partial charge in [0.05, 0.1) is 0 Å². The van der Waals surface area contributed by atoms with Crippen LogP contribution in [0.4, 0.5) is 0 Å². The average Bonchev–Trinajstić information content (AvgIpc) is 3.26. The molecule has 2 heterocycles. The Labute approximate surface area is 143 Å². The van der Waals surface area contributed by atoms with Crippen molar-refractivity contribution in [1.29, 1.82) is 0 Å². The lowest BCUT2D eigenvalue weighted by Gasteiger charge is -1.96. The van der Waals surface area contributed by atoms with Crippen LogP contribution < -0.4 is 0 Å². The average molecular weight is 330 g/mol. The van der Waals surface area contributed by atoms with Gasteiger partial charge in [0.1, 0.15) is 0 Å². The SMILES string of the molecule is c1ccc(-c2cc3c(s2)Cc2sc(-c4ccccc4)cc2-3)cc1. The first-order valence-corrected chi connectivity index (χ1v) is 9.38. The molecule has 0 spiro atoms. The molecule has 0 saturated heterocycles. The number of fused-ring (bicyclic) bond motifs is 3. The van der Waals surface area contributed by atoms with Gasteiger partial charge in [0, 0.05) is 25.9 Å². The Morgan fingerprint density at radius 2 is 1.00 bits per heavy atom. The third kappa shape index (κ3) is 2.18. The third-order valence-electron chi connectivity index (χ3n) is 4.35. The maximum Gasteiger partial charge on any atom is 0.0352 e. The van der Waals surface area contributed by atoms with Gasteiger partial charge in [-0.3, -0.25) is 0 Å². The van der Waals surface area contributed by atoms with Crippen molar-refractivity contribution in [2.24, 2.45) is 0 Å². The number of benzene rings is 2. The van der Waals surface area contributed by atoms with Crippen LogP contribution in [0.1, 0.15) is 9.75 Å². The van der Waals surface area contributed by atoms with Crippen LogP contribution in [0.5, 0.6) is 0 Å². The zero-order valence-corrected chi connectivity index (χ0v) is 14.1. The Morgan fingerprint density at radius 1 is 0.565 bits per heavy atom. The van der Waals surface area contributed by atoms with Gasteiger partial charge < -0.3 is 0 Å². The van der Waals surface area contributed by atoms with Crippen LogP contribution in [0.25, 0.3) is 32.0 Å². The fourth-order valence-electron chi connectivity index (χ4n) is 3.21. The standard InChI is InChI=1S/C21H14S2/c1-3-7-14(8-4-1)18-11-16-17-12-19(15-9-5-2-6-10-15)23-21(17)13-20(16)22-18/h1-12H,13H2. The lowest BCUT2D eigenvalue weighted by atomic mass is 10.1. The van der Waals surface area contributed by atoms with E-state index in [4.69, 9.17) is 0 Å². The molecule has 4 aromatic rings. The van der Waals surface area contributed by atoms with E-state index in [0.717, 1.165) is 6.42 Å². The van der Waals surface area contributed by atoms with Gasteiger partial charge in [0.25, 0.3) is 0 Å². The van der Waals surface area contributed by atoms with Crippen molar-refractivity contribution in [2.75, 3.05) is 0 Å². The second kappa shape index (κ2) is 5.19. The summed E-state index contributed by atoms with van der Waals surface area (Å²) in [5.74, 6) is 0. The van der Waals surface area contributed by atoms with Crippen molar-refractivity contribution < 1.29 is 0 Å². The monoisotopic (exact) mass is 330 g/mol. The van der Waals surface area contributed by atoms with E-state index < -0.39 is 0 Å². The predicted molar refractivity (Wildman–Crippen MR) is 101 cm³/mol. The summed E-state index contributed by atoms with van der Waals surface area (Å²) in [5, 5.41) is 0. The minimum atomic E-state index is 1.10. The molecule has 0 bridgehead atoms. The van der Waals surface area contributed by atoms with Crippen molar-refractivity contribution in [2.45, 2.75) is 6.42 Å². The summed E-state index contributed by atoms with van der Waals surface area (Å²) in [6.45, 7) is 0. The van der Waals surface area contributed by atoms with Crippen LogP contribution in [0, 0.1) is 0 Å². The van der Waals surface area contributed by atoms with Crippen LogP contribution in [-0.4, -0.2) is 0 Å². The van der Waals surface area contributed by atoms with E-state index >= 15 is 0 Å². The summed E-state index contributed by atoms with van der Waals surface area (Å²) in [6, 6.07) is 26.2. The first-order valence-electron chi connectivity index (χ1n) is 7.75. The normalized spacial score (nSPS) is 12.2. The van der Waals surface area contributed by atoms with E-state index in [-0.39, 0.29) is 0 Å². The van der Waals surface area contributed by atoms with Crippen molar-refractivity contribution in [3.8, 4) is 32.0 Å². The van der Waals surface area contributed by atoms with Crippen LogP contribution in [0.15, 0.2) is 72.8 Å². The van der Waals surface area contributed by atoms with Gasteiger partial charge in [-0.05, 0) is 34.4 Å². The van der Waals surface area contributed by atoms with E-state index in [1.54, 1.807) is 0 Å². The number of hydrogen-bond acceptors (Lipinski definition) is 2. The highest BCUT2D eigenvalue weighted by atomic mass is 32.1. The molecule has 0 aliphatic heterocycles. The van der Waals surface area contributed by atoms with Crippen molar-refractivity contribution in [1.82, 2.24) is 0 Å². The highest BCUT2D eigenvalue weighted by Crippen LogP contribution is 2.49. The Balaban J connectivity index is 1.58. The molecule has 2 aromatic carbocycles. The summed E-state index contributed by atoms with van der Waals surface area (Å²) in [6.07, 6.45) is 1.10. The Morgan fingerprint density at radius 3 is 1.43 bits per heavy atom. The van der Waals surface area contributed by atoms with E-state index in [1.807, 2.05) is 22.7 Å². The van der Waals surface area contributed by atoms with E-state index in [0.29, 0.717) is 0 Å². The summed E-state index contributed by atoms with van der Waals surface area (Å²) in [5.41, 5.74) is 5.54. The Kier molecular flexibility index (Phi) is 3.00. The van der Waals surface area contributed by atoms with Gasteiger partial charge in [-0.2, -0.15) is 0 Å². The number of thiophene rings is 2. The molecule has 0 nitrogen and oxygen atoms in total. The molecule has 0 N–H and O–H groups in total. The molecular formula is C21H14S2. The molecule has 23 heavy (non-hydrogen) atoms. The van der Waals surface area contributed by atoms with Gasteiger partial charge in [-0.25, -0.2) is 0 Å². The zero-order valence-electron chi connectivity index (χ0n) is 12.5. The van der Waals surface area contributed by atoms with Crippen molar-refractivity contribution >= 4 is 22.7 Å². The molecule has 0 unspecified atom stereocenters. The van der Waals surface area contributed by atoms with E-state index in [1.165, 1.54) is 41.8 Å². The summed E-state index contributed by atoms with van der Waals surface area (Å²) >= 11 is 3.89. The van der Waals surface area contributed by atoms with Crippen molar-refractivity contribution in [3.05, 3.63) is 82.6 Å². The maximum atomic E-state index is 2.38. The molecule has 1 aliphatic rings. The van der Waals surface area contributed by atoms with Gasteiger partial charge in [0.15, 0.2) is 0 Å². The Hall–Kier alpha value is -2.16. The maximum absolute atomic E-state index is 2.38. The molecule has 0 atom stereocenters. The summed E-state index contributed by atoms with van der Waals surface area (Å²) < 4.78 is 0. The summed E-state index contributed by atoms with van der Waals surface area (Å²) in [7, 11) is 0. The van der Waals surface area contributed by atoms with Crippen LogP contribution in [0.3, 0.4) is 0 Å². The van der Waals surface area contributed by atoms with E-state index in [2.05, 4.69) is 72.8 Å². The lowest BCUT2D eigenvalue weighted by Crippen LogP contribution is -1.72. The smallest absolute Gasteiger partial charge is 0.0352 e. The predicted octanol–water partition coefficient (Wildman–Crippen LogP) is 6.71. The first kappa shape index (κ1) is 13.3. The fourth-order valence-corrected chi connectivity index (χ4v) is 5.69. The minimum Gasteiger partial charge on any atom is -0.139 e. The number of hydrogen-bond donors (Lipinski definition) is 0. The topological polar surface area (TPSA) is 0 Å². The molecule has 0 amide bonds. The second-order valence-electron chi connectivity index (χ2n) is 5.80. The highest BCUT2D eigenvalue weighted by molar-refractivity contribution is 7.18. The molecule has 0 saturated carbocycles. The second-order valence-corrected chi connectivity index (χ2v) is 8.08. The Bertz CT molecular complexity index is 894. The highest BCUT2D eigenvalue weighted by Gasteiger charge is 2.24. The molecular weight excluding hydrogens is 316 g/mol. The number of rotatable bonds is 2. The third-order valence-corrected chi connectivity index (χ3v) is 6.71. The van der Waals surface area contributed by atoms with Crippen molar-refractivity contribution in [3.63, 3.8) is 0 Å². The van der Waals surface area contributed by atoms with Crippen LogP contribution in [-0.2, 0) is 6.42 Å². The van der Waals surface area contributed by atoms with Gasteiger partial charge >= 0.3 is 0 Å². The minimum absolute atomic E-state index is 1.10. The fraction of sp³-hybridized carbons (Fsp3) is 0.0476. The van der Waals surface area contributed by atoms with Crippen LogP contribution >= 0.6 is 22.7 Å². The molecule has 0 fully saturated rings. The van der Waals surface area contributed by atoms with Gasteiger partial charge in [0.2, 0.25) is 0 Å². The largest absolute Gasteiger partial charge is 0.139 e. The first-order chi connectivity index (χ1) is 11.4. The molecule has 0 radical (unpaired) electrons. The lowest BCUT2D eigenvalue weighted by molar-refractivity contribution is 1.38. The summed E-state index contributed by atoms with van der Waals surface area (Å²) in [4.78, 5) is 5.80. The molecule has 5 rings (SSSR count). The quantitative estimate of drug-likeness (QED) is 0.337. The molecule has 1 aliphatic carbocycles. The van der Waals surface area contributed by atoms with Gasteiger partial charge in [-0.1, -0.05) is 60.7 Å². The van der Waals surface area contributed by atoms with E-state index in [9.17, 15) is 0 Å². The molecule has 110 valence electrons. The van der Waals surface area contributed by atoms with Gasteiger partial charge in [-0.15, -0.1) is 22.7 Å². The zero-order chi connectivity index (χ0) is 15.2. The molecule has 2 heteroatoms. The van der Waals surface area contributed by atoms with Crippen LogP contribution in [0.2, 0.25) is 0 Å². The molecule has 2 aromatic heterocycles.